The van der Waals surface area contributed by atoms with Crippen LogP contribution in [0.3, 0.4) is 0 Å². The Balaban J connectivity index is 1.79. The van der Waals surface area contributed by atoms with Crippen molar-refractivity contribution in [1.82, 2.24) is 4.90 Å². The second-order valence-corrected chi connectivity index (χ2v) is 5.71. The summed E-state index contributed by atoms with van der Waals surface area (Å²) in [6.07, 6.45) is 4.26. The summed E-state index contributed by atoms with van der Waals surface area (Å²) in [4.78, 5) is 3.87. The van der Waals surface area contributed by atoms with Gasteiger partial charge in [0.25, 0.3) is 0 Å². The Morgan fingerprint density at radius 1 is 1.50 bits per heavy atom. The molecule has 0 aliphatic carbocycles. The summed E-state index contributed by atoms with van der Waals surface area (Å²) < 4.78 is 5.76. The van der Waals surface area contributed by atoms with Crippen LogP contribution in [0.4, 0.5) is 0 Å². The van der Waals surface area contributed by atoms with Gasteiger partial charge in [0.1, 0.15) is 0 Å². The summed E-state index contributed by atoms with van der Waals surface area (Å²) in [6.45, 7) is 5.27. The molecule has 1 aliphatic rings. The molecular formula is C13H21NOS. The first-order valence-electron chi connectivity index (χ1n) is 6.09. The van der Waals surface area contributed by atoms with E-state index >= 15 is 0 Å². The minimum atomic E-state index is 0.457. The molecule has 1 saturated heterocycles. The minimum Gasteiger partial charge on any atom is -0.377 e. The van der Waals surface area contributed by atoms with Crippen LogP contribution in [-0.4, -0.2) is 31.2 Å². The van der Waals surface area contributed by atoms with E-state index in [0.29, 0.717) is 6.10 Å². The van der Waals surface area contributed by atoms with Gasteiger partial charge in [0, 0.05) is 24.6 Å². The van der Waals surface area contributed by atoms with Crippen molar-refractivity contribution >= 4 is 11.3 Å². The van der Waals surface area contributed by atoms with Gasteiger partial charge < -0.3 is 4.74 Å². The van der Waals surface area contributed by atoms with Crippen LogP contribution in [0.5, 0.6) is 0 Å². The SMILES string of the molecule is Cc1ccsc1CN(C)CC1CCCCO1. The molecule has 0 spiro atoms. The molecule has 0 radical (unpaired) electrons. The summed E-state index contributed by atoms with van der Waals surface area (Å²) in [5, 5.41) is 2.18. The van der Waals surface area contributed by atoms with Gasteiger partial charge in [0.05, 0.1) is 6.10 Å². The van der Waals surface area contributed by atoms with Crippen LogP contribution in [-0.2, 0) is 11.3 Å². The van der Waals surface area contributed by atoms with E-state index in [-0.39, 0.29) is 0 Å². The van der Waals surface area contributed by atoms with E-state index in [0.717, 1.165) is 19.7 Å². The zero-order chi connectivity index (χ0) is 11.4. The summed E-state index contributed by atoms with van der Waals surface area (Å²) in [6, 6.07) is 2.20. The van der Waals surface area contributed by atoms with Crippen molar-refractivity contribution in [3.8, 4) is 0 Å². The average Bonchev–Trinajstić information content (AvgIpc) is 2.66. The fourth-order valence-corrected chi connectivity index (χ4v) is 3.16. The predicted molar refractivity (Wildman–Crippen MR) is 69.0 cm³/mol. The largest absolute Gasteiger partial charge is 0.377 e. The number of thiophene rings is 1. The number of likely N-dealkylation sites (N-methyl/N-ethyl adjacent to an activating group) is 1. The maximum atomic E-state index is 5.76. The smallest absolute Gasteiger partial charge is 0.0702 e. The lowest BCUT2D eigenvalue weighted by Gasteiger charge is -2.27. The quantitative estimate of drug-likeness (QED) is 0.800. The summed E-state index contributed by atoms with van der Waals surface area (Å²) in [7, 11) is 2.19. The molecule has 0 aromatic carbocycles. The van der Waals surface area contributed by atoms with E-state index in [2.05, 4.69) is 30.3 Å². The second kappa shape index (κ2) is 5.80. The molecule has 2 nitrogen and oxygen atoms in total. The van der Waals surface area contributed by atoms with Crippen molar-refractivity contribution in [2.75, 3.05) is 20.2 Å². The van der Waals surface area contributed by atoms with Crippen LogP contribution in [0.25, 0.3) is 0 Å². The summed E-state index contributed by atoms with van der Waals surface area (Å²) in [5.41, 5.74) is 1.42. The Kier molecular flexibility index (Phi) is 4.38. The van der Waals surface area contributed by atoms with Crippen LogP contribution in [0.1, 0.15) is 29.7 Å². The van der Waals surface area contributed by atoms with Crippen LogP contribution in [0, 0.1) is 6.92 Å². The van der Waals surface area contributed by atoms with Gasteiger partial charge in [0.2, 0.25) is 0 Å². The highest BCUT2D eigenvalue weighted by Gasteiger charge is 2.16. The minimum absolute atomic E-state index is 0.457. The standard InChI is InChI=1S/C13H21NOS/c1-11-6-8-16-13(11)10-14(2)9-12-5-3-4-7-15-12/h6,8,12H,3-5,7,9-10H2,1-2H3. The van der Waals surface area contributed by atoms with Gasteiger partial charge in [0.15, 0.2) is 0 Å². The zero-order valence-corrected chi connectivity index (χ0v) is 11.1. The third kappa shape index (κ3) is 3.30. The molecule has 2 rings (SSSR count). The molecule has 0 N–H and O–H groups in total. The predicted octanol–water partition coefficient (Wildman–Crippen LogP) is 3.06. The van der Waals surface area contributed by atoms with Gasteiger partial charge in [-0.15, -0.1) is 11.3 Å². The van der Waals surface area contributed by atoms with Gasteiger partial charge in [-0.05, 0) is 50.2 Å². The van der Waals surface area contributed by atoms with E-state index in [4.69, 9.17) is 4.74 Å². The monoisotopic (exact) mass is 239 g/mol. The highest BCUT2D eigenvalue weighted by Crippen LogP contribution is 2.19. The number of ether oxygens (including phenoxy) is 1. The Morgan fingerprint density at radius 2 is 2.38 bits per heavy atom. The first kappa shape index (κ1) is 12.1. The van der Waals surface area contributed by atoms with Gasteiger partial charge in [-0.25, -0.2) is 0 Å². The third-order valence-electron chi connectivity index (χ3n) is 3.17. The lowest BCUT2D eigenvalue weighted by Crippen LogP contribution is -2.32. The van der Waals surface area contributed by atoms with Crippen molar-refractivity contribution in [2.45, 2.75) is 38.8 Å². The van der Waals surface area contributed by atoms with Gasteiger partial charge in [-0.2, -0.15) is 0 Å². The molecule has 3 heteroatoms. The van der Waals surface area contributed by atoms with Crippen LogP contribution < -0.4 is 0 Å². The molecule has 0 amide bonds. The maximum absolute atomic E-state index is 5.76. The Hall–Kier alpha value is -0.380. The number of nitrogens with zero attached hydrogens (tertiary/aromatic N) is 1. The molecular weight excluding hydrogens is 218 g/mol. The Morgan fingerprint density at radius 3 is 3.00 bits per heavy atom. The highest BCUT2D eigenvalue weighted by atomic mass is 32.1. The maximum Gasteiger partial charge on any atom is 0.0702 e. The van der Waals surface area contributed by atoms with Crippen molar-refractivity contribution in [3.05, 3.63) is 21.9 Å². The van der Waals surface area contributed by atoms with E-state index in [1.165, 1.54) is 29.7 Å². The Labute approximate surface area is 102 Å². The third-order valence-corrected chi connectivity index (χ3v) is 4.18. The van der Waals surface area contributed by atoms with Gasteiger partial charge in [-0.1, -0.05) is 0 Å². The van der Waals surface area contributed by atoms with Gasteiger partial charge in [-0.3, -0.25) is 4.90 Å². The normalized spacial score (nSPS) is 21.6. The highest BCUT2D eigenvalue weighted by molar-refractivity contribution is 7.10. The van der Waals surface area contributed by atoms with E-state index in [9.17, 15) is 0 Å². The fourth-order valence-electron chi connectivity index (χ4n) is 2.17. The van der Waals surface area contributed by atoms with Gasteiger partial charge >= 0.3 is 0 Å². The van der Waals surface area contributed by atoms with Crippen LogP contribution >= 0.6 is 11.3 Å². The number of aryl methyl sites for hydroxylation is 1. The molecule has 0 saturated carbocycles. The van der Waals surface area contributed by atoms with Crippen molar-refractivity contribution < 1.29 is 4.74 Å². The molecule has 1 aromatic rings. The van der Waals surface area contributed by atoms with Crippen molar-refractivity contribution in [3.63, 3.8) is 0 Å². The topological polar surface area (TPSA) is 12.5 Å². The van der Waals surface area contributed by atoms with E-state index < -0.39 is 0 Å². The van der Waals surface area contributed by atoms with Crippen LogP contribution in [0.2, 0.25) is 0 Å². The number of hydrogen-bond acceptors (Lipinski definition) is 3. The molecule has 1 unspecified atom stereocenters. The molecule has 1 aliphatic heterocycles. The zero-order valence-electron chi connectivity index (χ0n) is 10.2. The molecule has 2 heterocycles. The average molecular weight is 239 g/mol. The van der Waals surface area contributed by atoms with Crippen molar-refractivity contribution in [2.24, 2.45) is 0 Å². The van der Waals surface area contributed by atoms with E-state index in [1.54, 1.807) is 0 Å². The summed E-state index contributed by atoms with van der Waals surface area (Å²) in [5.74, 6) is 0. The second-order valence-electron chi connectivity index (χ2n) is 4.71. The van der Waals surface area contributed by atoms with Crippen molar-refractivity contribution in [1.29, 1.82) is 0 Å². The van der Waals surface area contributed by atoms with E-state index in [1.807, 2.05) is 11.3 Å². The molecule has 0 bridgehead atoms. The fraction of sp³-hybridized carbons (Fsp3) is 0.692. The lowest BCUT2D eigenvalue weighted by atomic mass is 10.1. The molecule has 1 atom stereocenters. The Bertz CT molecular complexity index is 317. The first-order chi connectivity index (χ1) is 7.75. The number of rotatable bonds is 4. The molecule has 16 heavy (non-hydrogen) atoms. The van der Waals surface area contributed by atoms with Crippen LogP contribution in [0.15, 0.2) is 11.4 Å². The lowest BCUT2D eigenvalue weighted by molar-refractivity contribution is -0.00248. The molecule has 1 aromatic heterocycles. The molecule has 90 valence electrons. The molecule has 1 fully saturated rings. The first-order valence-corrected chi connectivity index (χ1v) is 6.97. The summed E-state index contributed by atoms with van der Waals surface area (Å²) >= 11 is 1.86. The number of hydrogen-bond donors (Lipinski definition) is 0.